The minimum absolute atomic E-state index is 0.429. The number of aliphatic hydroxyl groups is 2. The van der Waals surface area contributed by atoms with Gasteiger partial charge in [-0.25, -0.2) is 5.32 Å². The number of benzene rings is 1. The van der Waals surface area contributed by atoms with Crippen LogP contribution in [-0.2, 0) is 19.1 Å². The van der Waals surface area contributed by atoms with Gasteiger partial charge in [0.05, 0.1) is 13.2 Å². The minimum Gasteiger partial charge on any atom is -0.466 e. The summed E-state index contributed by atoms with van der Waals surface area (Å²) in [6, 6.07) is 4.51. The summed E-state index contributed by atoms with van der Waals surface area (Å²) < 4.78 is 93.4. The van der Waals surface area contributed by atoms with Crippen molar-refractivity contribution >= 4 is 23.5 Å². The van der Waals surface area contributed by atoms with Gasteiger partial charge in [-0.15, -0.1) is 0 Å². The molecule has 0 aliphatic carbocycles. The number of halogens is 7. The lowest BCUT2D eigenvalue weighted by atomic mass is 9.64. The van der Waals surface area contributed by atoms with Crippen molar-refractivity contribution in [3.8, 4) is 0 Å². The Kier molecular flexibility index (Phi) is 7.63. The van der Waals surface area contributed by atoms with Crippen LogP contribution < -0.4 is 5.32 Å². The van der Waals surface area contributed by atoms with Crippen LogP contribution >= 0.6 is 11.6 Å². The van der Waals surface area contributed by atoms with Gasteiger partial charge in [0, 0.05) is 10.9 Å². The number of esters is 2. The Balaban J connectivity index is 3.00. The van der Waals surface area contributed by atoms with E-state index in [2.05, 4.69) is 9.47 Å². The molecule has 1 aromatic carbocycles. The van der Waals surface area contributed by atoms with Gasteiger partial charge in [-0.05, 0) is 25.5 Å². The largest absolute Gasteiger partial charge is 0.466 e. The van der Waals surface area contributed by atoms with E-state index in [1.54, 1.807) is 0 Å². The first-order valence-electron chi connectivity index (χ1n) is 9.52. The summed E-state index contributed by atoms with van der Waals surface area (Å²) in [4.78, 5) is 25.3. The molecule has 33 heavy (non-hydrogen) atoms. The number of piperidine rings is 1. The fraction of sp³-hybridized carbons (Fsp3) is 0.579. The maximum absolute atomic E-state index is 14.0. The number of ether oxygens (including phenoxy) is 2. The van der Waals surface area contributed by atoms with E-state index >= 15 is 0 Å². The summed E-state index contributed by atoms with van der Waals surface area (Å²) in [5, 5.41) is 21.3. The van der Waals surface area contributed by atoms with Gasteiger partial charge in [0.1, 0.15) is 11.8 Å². The summed E-state index contributed by atoms with van der Waals surface area (Å²) in [6.07, 6.45) is -11.9. The quantitative estimate of drug-likeness (QED) is 0.416. The molecule has 1 aromatic rings. The monoisotopic (exact) mass is 507 g/mol. The summed E-state index contributed by atoms with van der Waals surface area (Å²) in [5.41, 5.74) is -9.92. The molecular formula is C19H20ClF6NO6. The zero-order valence-corrected chi connectivity index (χ0v) is 17.9. The van der Waals surface area contributed by atoms with Gasteiger partial charge in [-0.1, -0.05) is 29.8 Å². The first kappa shape index (κ1) is 27.2. The summed E-state index contributed by atoms with van der Waals surface area (Å²) in [7, 11) is 0. The number of rotatable bonds is 5. The zero-order chi connectivity index (χ0) is 25.4. The Morgan fingerprint density at radius 2 is 1.33 bits per heavy atom. The fourth-order valence-corrected chi connectivity index (χ4v) is 4.12. The third-order valence-electron chi connectivity index (χ3n) is 5.21. The average molecular weight is 508 g/mol. The molecule has 0 radical (unpaired) electrons. The Morgan fingerprint density at radius 3 is 1.67 bits per heavy atom. The SMILES string of the molecule is CCOC(=O)[C@@H]1C(c2ccccc2Cl)[C@H](C(=O)OCC)[C@@](O)(C(F)(F)F)N[C@@]1(O)C(F)(F)F. The minimum atomic E-state index is -5.96. The predicted molar refractivity (Wildman–Crippen MR) is 99.6 cm³/mol. The van der Waals surface area contributed by atoms with Crippen LogP contribution in [0.5, 0.6) is 0 Å². The van der Waals surface area contributed by atoms with E-state index in [-0.39, 0.29) is 0 Å². The molecule has 2 rings (SSSR count). The molecule has 0 spiro atoms. The first-order chi connectivity index (χ1) is 15.1. The number of hydrogen-bond donors (Lipinski definition) is 3. The zero-order valence-electron chi connectivity index (χ0n) is 17.1. The molecule has 5 atom stereocenters. The van der Waals surface area contributed by atoms with Crippen LogP contribution in [0, 0.1) is 11.8 Å². The van der Waals surface area contributed by atoms with Crippen molar-refractivity contribution in [2.45, 2.75) is 43.6 Å². The summed E-state index contributed by atoms with van der Waals surface area (Å²) in [5.74, 6) is -11.8. The van der Waals surface area contributed by atoms with Crippen molar-refractivity contribution in [2.75, 3.05) is 13.2 Å². The molecule has 1 unspecified atom stereocenters. The van der Waals surface area contributed by atoms with Gasteiger partial charge < -0.3 is 19.7 Å². The standard InChI is InChI=1S/C19H20ClF6NO6/c1-3-32-14(28)12-11(9-7-5-6-8-10(9)20)13(15(29)33-4-2)17(31,19(24,25)26)27-16(12,30)18(21,22)23/h5-8,11-13,27,30-31H,3-4H2,1-2H3/t11?,12-,13+,16-,17+. The van der Waals surface area contributed by atoms with Crippen LogP contribution in [0.25, 0.3) is 0 Å². The number of alkyl halides is 6. The lowest BCUT2D eigenvalue weighted by Gasteiger charge is -2.54. The lowest BCUT2D eigenvalue weighted by molar-refractivity contribution is -0.376. The maximum atomic E-state index is 14.0. The Hall–Kier alpha value is -2.09. The van der Waals surface area contributed by atoms with Gasteiger partial charge >= 0.3 is 24.3 Å². The number of nitrogens with one attached hydrogen (secondary N) is 1. The molecule has 0 aromatic heterocycles. The Labute approximate surface area is 188 Å². The molecule has 1 aliphatic rings. The third kappa shape index (κ3) is 4.63. The van der Waals surface area contributed by atoms with E-state index in [4.69, 9.17) is 11.6 Å². The highest BCUT2D eigenvalue weighted by atomic mass is 35.5. The first-order valence-corrected chi connectivity index (χ1v) is 9.89. The maximum Gasteiger partial charge on any atom is 0.432 e. The van der Waals surface area contributed by atoms with Gasteiger partial charge in [0.2, 0.25) is 11.4 Å². The second kappa shape index (κ2) is 9.28. The van der Waals surface area contributed by atoms with Gasteiger partial charge in [-0.2, -0.15) is 26.3 Å². The Bertz CT molecular complexity index is 848. The molecule has 0 amide bonds. The van der Waals surface area contributed by atoms with Crippen LogP contribution in [0.4, 0.5) is 26.3 Å². The highest BCUT2D eigenvalue weighted by Gasteiger charge is 2.78. The second-order valence-electron chi connectivity index (χ2n) is 7.16. The summed E-state index contributed by atoms with van der Waals surface area (Å²) in [6.45, 7) is 1.40. The smallest absolute Gasteiger partial charge is 0.432 e. The summed E-state index contributed by atoms with van der Waals surface area (Å²) >= 11 is 6.02. The molecule has 1 fully saturated rings. The van der Waals surface area contributed by atoms with Crippen LogP contribution in [-0.4, -0.2) is 59.2 Å². The van der Waals surface area contributed by atoms with Gasteiger partial charge in [-0.3, -0.25) is 9.59 Å². The topological polar surface area (TPSA) is 105 Å². The molecule has 0 bridgehead atoms. The molecule has 1 heterocycles. The van der Waals surface area contributed by atoms with Gasteiger partial charge in [0.15, 0.2) is 0 Å². The molecule has 0 saturated carbocycles. The number of hydrogen-bond acceptors (Lipinski definition) is 7. The fourth-order valence-electron chi connectivity index (χ4n) is 3.86. The van der Waals surface area contributed by atoms with Crippen LogP contribution in [0.2, 0.25) is 5.02 Å². The van der Waals surface area contributed by atoms with Crippen molar-refractivity contribution in [3.63, 3.8) is 0 Å². The molecule has 3 N–H and O–H groups in total. The van der Waals surface area contributed by atoms with E-state index in [9.17, 15) is 46.1 Å². The lowest BCUT2D eigenvalue weighted by Crippen LogP contribution is -2.81. The molecule has 1 saturated heterocycles. The molecular weight excluding hydrogens is 488 g/mol. The number of carbonyl (C=O) groups excluding carboxylic acids is 2. The van der Waals surface area contributed by atoms with E-state index in [1.807, 2.05) is 0 Å². The van der Waals surface area contributed by atoms with Crippen LogP contribution in [0.1, 0.15) is 25.3 Å². The van der Waals surface area contributed by atoms with E-state index in [0.717, 1.165) is 12.1 Å². The van der Waals surface area contributed by atoms with Crippen LogP contribution in [0.3, 0.4) is 0 Å². The van der Waals surface area contributed by atoms with E-state index in [1.165, 1.54) is 26.0 Å². The molecule has 186 valence electrons. The highest BCUT2D eigenvalue weighted by Crippen LogP contribution is 2.56. The van der Waals surface area contributed by atoms with Crippen LogP contribution in [0.15, 0.2) is 24.3 Å². The van der Waals surface area contributed by atoms with Gasteiger partial charge in [0.25, 0.3) is 0 Å². The normalized spacial score (nSPS) is 30.6. The van der Waals surface area contributed by atoms with E-state index < -0.39 is 77.3 Å². The predicted octanol–water partition coefficient (Wildman–Crippen LogP) is 2.89. The third-order valence-corrected chi connectivity index (χ3v) is 5.55. The Morgan fingerprint density at radius 1 is 0.939 bits per heavy atom. The van der Waals surface area contributed by atoms with Crippen molar-refractivity contribution in [1.29, 1.82) is 0 Å². The second-order valence-corrected chi connectivity index (χ2v) is 7.57. The van der Waals surface area contributed by atoms with Crippen molar-refractivity contribution in [2.24, 2.45) is 11.8 Å². The molecule has 7 nitrogen and oxygen atoms in total. The molecule has 14 heteroatoms. The average Bonchev–Trinajstić information content (AvgIpc) is 2.66. The molecule has 1 aliphatic heterocycles. The number of carbonyl (C=O) groups is 2. The van der Waals surface area contributed by atoms with Crippen molar-refractivity contribution in [1.82, 2.24) is 5.32 Å². The van der Waals surface area contributed by atoms with Crippen molar-refractivity contribution < 1.29 is 55.6 Å². The van der Waals surface area contributed by atoms with E-state index in [0.29, 0.717) is 5.32 Å². The van der Waals surface area contributed by atoms with Crippen molar-refractivity contribution in [3.05, 3.63) is 34.9 Å². The highest BCUT2D eigenvalue weighted by molar-refractivity contribution is 6.31.